The normalized spacial score (nSPS) is 13.7. The zero-order valence-electron chi connectivity index (χ0n) is 5.58. The molecule has 1 aliphatic heterocycles. The summed E-state index contributed by atoms with van der Waals surface area (Å²) in [7, 11) is 1.81. The van der Waals surface area contributed by atoms with Gasteiger partial charge in [0.15, 0.2) is 0 Å². The van der Waals surface area contributed by atoms with Gasteiger partial charge in [-0.3, -0.25) is 5.01 Å². The molecule has 0 amide bonds. The highest BCUT2D eigenvalue weighted by Gasteiger charge is 2.30. The highest BCUT2D eigenvalue weighted by molar-refractivity contribution is 6.16. The molecule has 0 saturated heterocycles. The number of rotatable bonds is 1. The second-order valence-corrected chi connectivity index (χ2v) is 2.73. The number of anilines is 2. The number of hydrogen-bond acceptors (Lipinski definition) is 2. The largest absolute Gasteiger partial charge is 0.256 e. The maximum Gasteiger partial charge on any atom is 0.0846 e. The van der Waals surface area contributed by atoms with Crippen LogP contribution in [-0.2, 0) is 0 Å². The first-order chi connectivity index (χ1) is 4.80. The van der Waals surface area contributed by atoms with E-state index in [0.717, 1.165) is 0 Å². The van der Waals surface area contributed by atoms with Gasteiger partial charge in [-0.15, -0.1) is 4.53 Å². The zero-order chi connectivity index (χ0) is 7.14. The molecule has 1 heterocycles. The van der Waals surface area contributed by atoms with Gasteiger partial charge >= 0.3 is 0 Å². The molecular formula is C7H7ClN2. The summed E-state index contributed by atoms with van der Waals surface area (Å²) in [5.41, 5.74) is 2.39. The van der Waals surface area contributed by atoms with Crippen molar-refractivity contribution in [3.63, 3.8) is 0 Å². The van der Waals surface area contributed by atoms with Gasteiger partial charge in [0.2, 0.25) is 0 Å². The van der Waals surface area contributed by atoms with E-state index in [-0.39, 0.29) is 0 Å². The van der Waals surface area contributed by atoms with Crippen LogP contribution in [0.4, 0.5) is 11.4 Å². The van der Waals surface area contributed by atoms with Gasteiger partial charge in [-0.05, 0) is 23.9 Å². The minimum atomic E-state index is 1.19. The Hall–Kier alpha value is -0.730. The van der Waals surface area contributed by atoms with E-state index in [1.165, 1.54) is 11.4 Å². The Kier molecular flexibility index (Phi) is 1.13. The number of nitrogens with zero attached hydrogens (tertiary/aromatic N) is 2. The molecule has 0 bridgehead atoms. The van der Waals surface area contributed by atoms with Crippen molar-refractivity contribution in [2.75, 3.05) is 12.1 Å². The average Bonchev–Trinajstić information content (AvgIpc) is 2.60. The summed E-state index contributed by atoms with van der Waals surface area (Å²) < 4.78 is 1.55. The van der Waals surface area contributed by atoms with Crippen LogP contribution in [0.5, 0.6) is 0 Å². The van der Waals surface area contributed by atoms with Gasteiger partial charge in [0.05, 0.1) is 11.4 Å². The molecule has 10 heavy (non-hydrogen) atoms. The van der Waals surface area contributed by atoms with E-state index in [0.29, 0.717) is 0 Å². The minimum Gasteiger partial charge on any atom is -0.256 e. The molecule has 1 aliphatic rings. The fraction of sp³-hybridized carbons (Fsp3) is 0.143. The molecular weight excluding hydrogens is 148 g/mol. The Morgan fingerprint density at radius 3 is 2.20 bits per heavy atom. The lowest BCUT2D eigenvalue weighted by Crippen LogP contribution is -2.14. The number of hydrogen-bond donors (Lipinski definition) is 0. The summed E-state index contributed by atoms with van der Waals surface area (Å²) in [5, 5.41) is 1.93. The number of halogens is 1. The topological polar surface area (TPSA) is 6.25 Å². The van der Waals surface area contributed by atoms with E-state index in [1.807, 2.05) is 36.3 Å². The number of para-hydroxylation sites is 2. The van der Waals surface area contributed by atoms with Gasteiger partial charge in [0.25, 0.3) is 0 Å². The van der Waals surface area contributed by atoms with E-state index >= 15 is 0 Å². The molecule has 3 heteroatoms. The maximum atomic E-state index is 5.70. The fourth-order valence-corrected chi connectivity index (χ4v) is 1.25. The van der Waals surface area contributed by atoms with E-state index < -0.39 is 0 Å². The molecule has 0 unspecified atom stereocenters. The lowest BCUT2D eigenvalue weighted by Gasteiger charge is -2.06. The van der Waals surface area contributed by atoms with E-state index in [9.17, 15) is 0 Å². The Labute approximate surface area is 64.7 Å². The van der Waals surface area contributed by atoms with Crippen molar-refractivity contribution in [3.05, 3.63) is 24.3 Å². The molecule has 0 N–H and O–H groups in total. The monoisotopic (exact) mass is 154 g/mol. The lowest BCUT2D eigenvalue weighted by atomic mass is 10.4. The van der Waals surface area contributed by atoms with Crippen LogP contribution in [0.25, 0.3) is 0 Å². The number of fused-ring (bicyclic) bond motifs is 1. The van der Waals surface area contributed by atoms with Crippen LogP contribution in [-0.4, -0.2) is 11.6 Å². The molecule has 0 spiro atoms. The Balaban J connectivity index is 2.29. The molecule has 1 aromatic rings. The molecule has 0 fully saturated rings. The van der Waals surface area contributed by atoms with Gasteiger partial charge in [-0.2, -0.15) is 0 Å². The van der Waals surface area contributed by atoms with Crippen molar-refractivity contribution in [2.45, 2.75) is 0 Å². The first-order valence-electron chi connectivity index (χ1n) is 3.09. The third-order valence-corrected chi connectivity index (χ3v) is 1.71. The van der Waals surface area contributed by atoms with Crippen LogP contribution in [0, 0.1) is 0 Å². The predicted molar refractivity (Wildman–Crippen MR) is 42.2 cm³/mol. The quantitative estimate of drug-likeness (QED) is 0.452. The van der Waals surface area contributed by atoms with Crippen molar-refractivity contribution < 1.29 is 0 Å². The van der Waals surface area contributed by atoms with E-state index in [4.69, 9.17) is 11.8 Å². The molecule has 52 valence electrons. The SMILES string of the molecule is CN(Cl)N1c2ccccc21. The highest BCUT2D eigenvalue weighted by atomic mass is 35.5. The molecule has 0 saturated carbocycles. The molecule has 2 rings (SSSR count). The minimum absolute atomic E-state index is 1.19. The van der Waals surface area contributed by atoms with Crippen LogP contribution in [0.1, 0.15) is 0 Å². The molecule has 0 radical (unpaired) electrons. The second-order valence-electron chi connectivity index (χ2n) is 2.25. The van der Waals surface area contributed by atoms with Crippen molar-refractivity contribution in [1.29, 1.82) is 0 Å². The lowest BCUT2D eigenvalue weighted by molar-refractivity contribution is 0.603. The Morgan fingerprint density at radius 1 is 1.30 bits per heavy atom. The molecule has 2 nitrogen and oxygen atoms in total. The smallest absolute Gasteiger partial charge is 0.0846 e. The first-order valence-corrected chi connectivity index (χ1v) is 3.43. The van der Waals surface area contributed by atoms with Crippen LogP contribution >= 0.6 is 11.8 Å². The van der Waals surface area contributed by atoms with Crippen molar-refractivity contribution in [3.8, 4) is 0 Å². The third kappa shape index (κ3) is 0.696. The summed E-state index contributed by atoms with van der Waals surface area (Å²) in [6.07, 6.45) is 0. The second kappa shape index (κ2) is 1.87. The Bertz CT molecular complexity index is 237. The van der Waals surface area contributed by atoms with Crippen LogP contribution in [0.3, 0.4) is 0 Å². The van der Waals surface area contributed by atoms with Gasteiger partial charge in [0.1, 0.15) is 0 Å². The van der Waals surface area contributed by atoms with Crippen molar-refractivity contribution in [1.82, 2.24) is 4.53 Å². The van der Waals surface area contributed by atoms with E-state index in [2.05, 4.69) is 0 Å². The summed E-state index contributed by atoms with van der Waals surface area (Å²) in [6.45, 7) is 0. The van der Waals surface area contributed by atoms with Gasteiger partial charge in [0, 0.05) is 7.05 Å². The third-order valence-electron chi connectivity index (χ3n) is 1.56. The van der Waals surface area contributed by atoms with Crippen LogP contribution in [0.2, 0.25) is 0 Å². The van der Waals surface area contributed by atoms with Crippen molar-refractivity contribution in [2.24, 2.45) is 0 Å². The number of benzene rings is 1. The van der Waals surface area contributed by atoms with Crippen LogP contribution in [0.15, 0.2) is 24.3 Å². The molecule has 0 atom stereocenters. The van der Waals surface area contributed by atoms with E-state index in [1.54, 1.807) is 4.53 Å². The first kappa shape index (κ1) is 6.01. The number of hydrazine groups is 1. The van der Waals surface area contributed by atoms with Crippen molar-refractivity contribution >= 4 is 23.2 Å². The van der Waals surface area contributed by atoms with Gasteiger partial charge in [-0.1, -0.05) is 12.1 Å². The standard InChI is InChI=1S/C7H7ClN2/c1-9(8)10-6-4-2-3-5-7(6)10/h2-5H,1H3. The predicted octanol–water partition coefficient (Wildman–Crippen LogP) is 2.14. The highest BCUT2D eigenvalue weighted by Crippen LogP contribution is 2.48. The van der Waals surface area contributed by atoms with Gasteiger partial charge < -0.3 is 0 Å². The molecule has 0 aliphatic carbocycles. The average molecular weight is 155 g/mol. The van der Waals surface area contributed by atoms with Gasteiger partial charge in [-0.25, -0.2) is 0 Å². The molecule has 1 aromatic carbocycles. The van der Waals surface area contributed by atoms with Crippen LogP contribution < -0.4 is 5.01 Å². The summed E-state index contributed by atoms with van der Waals surface area (Å²) in [6, 6.07) is 8.07. The Morgan fingerprint density at radius 2 is 1.80 bits per heavy atom. The summed E-state index contributed by atoms with van der Waals surface area (Å²) >= 11 is 5.70. The fourth-order valence-electron chi connectivity index (χ4n) is 1.08. The summed E-state index contributed by atoms with van der Waals surface area (Å²) in [5.74, 6) is 0. The maximum absolute atomic E-state index is 5.70. The zero-order valence-corrected chi connectivity index (χ0v) is 6.34. The molecule has 0 aromatic heterocycles. The summed E-state index contributed by atoms with van der Waals surface area (Å²) in [4.78, 5) is 0.